The average molecular weight is 362 g/mol. The topological polar surface area (TPSA) is 74.6 Å². The van der Waals surface area contributed by atoms with Gasteiger partial charge in [0.25, 0.3) is 5.89 Å². The highest BCUT2D eigenvalue weighted by molar-refractivity contribution is 7.21. The van der Waals surface area contributed by atoms with Gasteiger partial charge in [-0.15, -0.1) is 11.3 Å². The third-order valence-electron chi connectivity index (χ3n) is 4.23. The van der Waals surface area contributed by atoms with E-state index in [-0.39, 0.29) is 0 Å². The lowest BCUT2D eigenvalue weighted by Crippen LogP contribution is -1.94. The molecule has 0 N–H and O–H groups in total. The Balaban J connectivity index is 1.61. The molecule has 0 radical (unpaired) electrons. The van der Waals surface area contributed by atoms with Gasteiger partial charge in [-0.3, -0.25) is 4.68 Å². The standard InChI is InChI=1S/C18H14N6OS/c1-11-13-10-15(16-20-17(25-22-16)14-8-9-19-23(14)2)26-18(13)24(21-11)12-6-4-3-5-7-12/h3-10H,1-2H3. The van der Waals surface area contributed by atoms with Gasteiger partial charge in [0, 0.05) is 18.6 Å². The zero-order valence-corrected chi connectivity index (χ0v) is 14.9. The van der Waals surface area contributed by atoms with Crippen LogP contribution in [0.4, 0.5) is 0 Å². The van der Waals surface area contributed by atoms with Crippen LogP contribution in [-0.2, 0) is 7.05 Å². The summed E-state index contributed by atoms with van der Waals surface area (Å²) >= 11 is 1.60. The summed E-state index contributed by atoms with van der Waals surface area (Å²) in [7, 11) is 1.84. The van der Waals surface area contributed by atoms with Gasteiger partial charge in [0.15, 0.2) is 0 Å². The fraction of sp³-hybridized carbons (Fsp3) is 0.111. The Morgan fingerprint density at radius 1 is 1.12 bits per heavy atom. The van der Waals surface area contributed by atoms with Crippen LogP contribution < -0.4 is 0 Å². The maximum Gasteiger partial charge on any atom is 0.276 e. The van der Waals surface area contributed by atoms with E-state index < -0.39 is 0 Å². The van der Waals surface area contributed by atoms with E-state index in [2.05, 4.69) is 26.4 Å². The number of thiophene rings is 1. The summed E-state index contributed by atoms with van der Waals surface area (Å²) in [6, 6.07) is 14.0. The molecule has 4 aromatic heterocycles. The average Bonchev–Trinajstić information content (AvgIpc) is 3.40. The first-order valence-electron chi connectivity index (χ1n) is 8.08. The molecule has 0 saturated heterocycles. The number of benzene rings is 1. The van der Waals surface area contributed by atoms with Crippen LogP contribution >= 0.6 is 11.3 Å². The summed E-state index contributed by atoms with van der Waals surface area (Å²) in [4.78, 5) is 6.54. The van der Waals surface area contributed by atoms with Gasteiger partial charge in [-0.05, 0) is 31.2 Å². The monoisotopic (exact) mass is 362 g/mol. The van der Waals surface area contributed by atoms with Gasteiger partial charge in [-0.25, -0.2) is 4.68 Å². The normalized spacial score (nSPS) is 11.5. The van der Waals surface area contributed by atoms with Crippen molar-refractivity contribution in [2.75, 3.05) is 0 Å². The number of nitrogens with zero attached hydrogens (tertiary/aromatic N) is 6. The number of rotatable bonds is 3. The minimum atomic E-state index is 0.457. The second kappa shape index (κ2) is 5.63. The van der Waals surface area contributed by atoms with Gasteiger partial charge in [0.1, 0.15) is 10.5 Å². The van der Waals surface area contributed by atoms with Crippen LogP contribution in [0.3, 0.4) is 0 Å². The largest absolute Gasteiger partial charge is 0.332 e. The van der Waals surface area contributed by atoms with Crippen molar-refractivity contribution in [1.29, 1.82) is 0 Å². The van der Waals surface area contributed by atoms with Crippen molar-refractivity contribution in [3.05, 3.63) is 54.4 Å². The maximum atomic E-state index is 5.42. The molecule has 0 spiro atoms. The Hall–Kier alpha value is -3.26. The highest BCUT2D eigenvalue weighted by atomic mass is 32.1. The van der Waals surface area contributed by atoms with E-state index in [9.17, 15) is 0 Å². The van der Waals surface area contributed by atoms with Gasteiger partial charge in [-0.1, -0.05) is 23.4 Å². The first-order chi connectivity index (χ1) is 12.7. The third-order valence-corrected chi connectivity index (χ3v) is 5.34. The number of aromatic nitrogens is 6. The van der Waals surface area contributed by atoms with Crippen LogP contribution in [0.5, 0.6) is 0 Å². The predicted molar refractivity (Wildman–Crippen MR) is 99.2 cm³/mol. The molecule has 0 unspecified atom stereocenters. The van der Waals surface area contributed by atoms with Crippen LogP contribution in [0.15, 0.2) is 53.2 Å². The number of hydrogen-bond acceptors (Lipinski definition) is 6. The molecule has 7 nitrogen and oxygen atoms in total. The Kier molecular flexibility index (Phi) is 3.26. The number of aryl methyl sites for hydroxylation is 2. The summed E-state index contributed by atoms with van der Waals surface area (Å²) < 4.78 is 9.09. The van der Waals surface area contributed by atoms with E-state index >= 15 is 0 Å². The molecular weight excluding hydrogens is 348 g/mol. The zero-order valence-electron chi connectivity index (χ0n) is 14.1. The Morgan fingerprint density at radius 3 is 2.73 bits per heavy atom. The van der Waals surface area contributed by atoms with Crippen molar-refractivity contribution < 1.29 is 4.52 Å². The predicted octanol–water partition coefficient (Wildman–Crippen LogP) is 3.85. The molecule has 4 heterocycles. The van der Waals surface area contributed by atoms with Crippen LogP contribution in [0.2, 0.25) is 0 Å². The fourth-order valence-corrected chi connectivity index (χ4v) is 4.02. The summed E-state index contributed by atoms with van der Waals surface area (Å²) in [5.41, 5.74) is 2.79. The lowest BCUT2D eigenvalue weighted by molar-refractivity contribution is 0.429. The molecule has 0 amide bonds. The summed E-state index contributed by atoms with van der Waals surface area (Å²) in [6.07, 6.45) is 1.70. The van der Waals surface area contributed by atoms with E-state index in [1.807, 2.05) is 55.1 Å². The molecule has 0 aliphatic heterocycles. The van der Waals surface area contributed by atoms with E-state index in [0.29, 0.717) is 11.7 Å². The molecule has 0 aliphatic rings. The summed E-state index contributed by atoms with van der Waals surface area (Å²) in [5, 5.41) is 14.0. The second-order valence-corrected chi connectivity index (χ2v) is 6.96. The number of hydrogen-bond donors (Lipinski definition) is 0. The lowest BCUT2D eigenvalue weighted by atomic mass is 10.3. The highest BCUT2D eigenvalue weighted by Gasteiger charge is 2.18. The molecule has 0 aliphatic carbocycles. The van der Waals surface area contributed by atoms with Crippen LogP contribution in [0.25, 0.3) is 38.2 Å². The SMILES string of the molecule is Cc1nn(-c2ccccc2)c2sc(-c3noc(-c4ccnn4C)n3)cc12. The molecular formula is C18H14N6OS. The summed E-state index contributed by atoms with van der Waals surface area (Å²) in [6.45, 7) is 2.01. The summed E-state index contributed by atoms with van der Waals surface area (Å²) in [5.74, 6) is 1.03. The molecule has 0 fully saturated rings. The first kappa shape index (κ1) is 15.0. The van der Waals surface area contributed by atoms with Gasteiger partial charge in [0.2, 0.25) is 5.82 Å². The van der Waals surface area contributed by atoms with Crippen molar-refractivity contribution in [3.63, 3.8) is 0 Å². The zero-order chi connectivity index (χ0) is 17.7. The van der Waals surface area contributed by atoms with Gasteiger partial charge in [0.05, 0.1) is 16.3 Å². The molecule has 8 heteroatoms. The van der Waals surface area contributed by atoms with Gasteiger partial charge < -0.3 is 4.52 Å². The van der Waals surface area contributed by atoms with Crippen molar-refractivity contribution >= 4 is 21.6 Å². The lowest BCUT2D eigenvalue weighted by Gasteiger charge is -2.00. The quantitative estimate of drug-likeness (QED) is 0.487. The first-order valence-corrected chi connectivity index (χ1v) is 8.89. The Bertz CT molecular complexity index is 1210. The fourth-order valence-electron chi connectivity index (χ4n) is 2.91. The smallest absolute Gasteiger partial charge is 0.276 e. The van der Waals surface area contributed by atoms with E-state index in [4.69, 9.17) is 4.52 Å². The molecule has 26 heavy (non-hydrogen) atoms. The maximum absolute atomic E-state index is 5.42. The van der Waals surface area contributed by atoms with Gasteiger partial charge in [-0.2, -0.15) is 15.2 Å². The van der Waals surface area contributed by atoms with Crippen LogP contribution in [-0.4, -0.2) is 29.7 Å². The van der Waals surface area contributed by atoms with Crippen molar-refractivity contribution in [2.45, 2.75) is 6.92 Å². The molecule has 0 bridgehead atoms. The molecule has 128 valence electrons. The second-order valence-electron chi connectivity index (χ2n) is 5.93. The van der Waals surface area contributed by atoms with E-state index in [1.54, 1.807) is 22.2 Å². The molecule has 0 atom stereocenters. The highest BCUT2D eigenvalue weighted by Crippen LogP contribution is 2.35. The molecule has 1 aromatic carbocycles. The molecule has 5 rings (SSSR count). The minimum absolute atomic E-state index is 0.457. The number of fused-ring (bicyclic) bond motifs is 1. The minimum Gasteiger partial charge on any atom is -0.332 e. The molecule has 5 aromatic rings. The van der Waals surface area contributed by atoms with Gasteiger partial charge >= 0.3 is 0 Å². The number of para-hydroxylation sites is 1. The van der Waals surface area contributed by atoms with E-state index in [1.165, 1.54) is 0 Å². The molecule has 0 saturated carbocycles. The van der Waals surface area contributed by atoms with E-state index in [0.717, 1.165) is 32.2 Å². The van der Waals surface area contributed by atoms with Crippen LogP contribution in [0, 0.1) is 6.92 Å². The Labute approximate surface area is 152 Å². The van der Waals surface area contributed by atoms with Crippen molar-refractivity contribution in [2.24, 2.45) is 7.05 Å². The van der Waals surface area contributed by atoms with Crippen LogP contribution in [0.1, 0.15) is 5.69 Å². The Morgan fingerprint density at radius 2 is 1.96 bits per heavy atom. The third kappa shape index (κ3) is 2.26. The van der Waals surface area contributed by atoms with Crippen molar-refractivity contribution in [3.8, 4) is 28.0 Å². The van der Waals surface area contributed by atoms with Crippen molar-refractivity contribution in [1.82, 2.24) is 29.7 Å².